The van der Waals surface area contributed by atoms with E-state index in [1.54, 1.807) is 24.3 Å². The number of carbonyl (C=O) groups is 2. The van der Waals surface area contributed by atoms with Crippen molar-refractivity contribution < 1.29 is 14.7 Å². The van der Waals surface area contributed by atoms with Gasteiger partial charge in [-0.2, -0.15) is 0 Å². The summed E-state index contributed by atoms with van der Waals surface area (Å²) in [6, 6.07) is 7.88. The smallest absolute Gasteiger partial charge is 0.330 e. The average molecular weight is 245 g/mol. The first-order valence-electron chi connectivity index (χ1n) is 6.20. The van der Waals surface area contributed by atoms with Crippen LogP contribution in [0.25, 0.3) is 0 Å². The monoisotopic (exact) mass is 245 g/mol. The van der Waals surface area contributed by atoms with E-state index in [-0.39, 0.29) is 17.2 Å². The normalized spacial score (nSPS) is 24.3. The van der Waals surface area contributed by atoms with E-state index in [0.717, 1.165) is 19.3 Å². The third kappa shape index (κ3) is 1.88. The Kier molecular flexibility index (Phi) is 2.40. The van der Waals surface area contributed by atoms with Gasteiger partial charge in [-0.15, -0.1) is 0 Å². The van der Waals surface area contributed by atoms with Gasteiger partial charge in [0.15, 0.2) is 6.04 Å². The van der Waals surface area contributed by atoms with E-state index in [9.17, 15) is 14.7 Å². The number of carboxylic acid groups (broad SMARTS) is 1. The van der Waals surface area contributed by atoms with Crippen molar-refractivity contribution in [3.05, 3.63) is 35.9 Å². The second kappa shape index (κ2) is 3.83. The highest BCUT2D eigenvalue weighted by Crippen LogP contribution is 2.70. The lowest BCUT2D eigenvalue weighted by Gasteiger charge is -2.14. The molecule has 0 aromatic heterocycles. The highest BCUT2D eigenvalue weighted by Gasteiger charge is 2.65. The molecular formula is C14H15NO3. The molecule has 1 aromatic rings. The minimum atomic E-state index is -1.01. The molecule has 4 heteroatoms. The maximum atomic E-state index is 12.0. The zero-order valence-electron chi connectivity index (χ0n) is 9.93. The van der Waals surface area contributed by atoms with Crippen LogP contribution in [0.3, 0.4) is 0 Å². The predicted octanol–water partition coefficient (Wildman–Crippen LogP) is 1.73. The molecule has 2 atom stereocenters. The van der Waals surface area contributed by atoms with Crippen molar-refractivity contribution in [3.63, 3.8) is 0 Å². The van der Waals surface area contributed by atoms with Gasteiger partial charge in [-0.3, -0.25) is 4.79 Å². The molecule has 94 valence electrons. The van der Waals surface area contributed by atoms with Gasteiger partial charge in [0.1, 0.15) is 0 Å². The summed E-state index contributed by atoms with van der Waals surface area (Å²) in [6.07, 6.45) is 3.17. The number of aliphatic carboxylic acids is 1. The summed E-state index contributed by atoms with van der Waals surface area (Å²) in [5.41, 5.74) is 0.868. The number of nitrogens with one attached hydrogen (secondary N) is 1. The Bertz CT molecular complexity index is 493. The fraction of sp³-hybridized carbons (Fsp3) is 0.429. The fourth-order valence-corrected chi connectivity index (χ4v) is 2.61. The van der Waals surface area contributed by atoms with Crippen LogP contribution < -0.4 is 5.32 Å². The highest BCUT2D eigenvalue weighted by molar-refractivity contribution is 5.88. The molecule has 0 saturated heterocycles. The Hall–Kier alpha value is -1.84. The number of hydrogen-bond donors (Lipinski definition) is 2. The summed E-state index contributed by atoms with van der Waals surface area (Å²) >= 11 is 0. The number of benzene rings is 1. The van der Waals surface area contributed by atoms with Gasteiger partial charge in [0.05, 0.1) is 0 Å². The molecule has 2 aliphatic rings. The van der Waals surface area contributed by atoms with Crippen LogP contribution in [0.4, 0.5) is 0 Å². The van der Waals surface area contributed by atoms with Gasteiger partial charge in [-0.05, 0) is 30.2 Å². The molecule has 0 aliphatic heterocycles. The van der Waals surface area contributed by atoms with E-state index in [1.807, 2.05) is 6.07 Å². The zero-order chi connectivity index (χ0) is 12.8. The van der Waals surface area contributed by atoms with E-state index in [1.165, 1.54) is 0 Å². The van der Waals surface area contributed by atoms with Crippen LogP contribution in [-0.2, 0) is 9.59 Å². The molecule has 1 amide bonds. The lowest BCUT2D eigenvalue weighted by molar-refractivity contribution is -0.142. The molecule has 2 aliphatic carbocycles. The minimum absolute atomic E-state index is 0.0445. The van der Waals surface area contributed by atoms with Gasteiger partial charge in [-0.25, -0.2) is 4.79 Å². The van der Waals surface area contributed by atoms with E-state index in [0.29, 0.717) is 5.56 Å². The molecule has 18 heavy (non-hydrogen) atoms. The number of rotatable bonds is 4. The molecule has 2 fully saturated rings. The molecule has 0 radical (unpaired) electrons. The van der Waals surface area contributed by atoms with Crippen molar-refractivity contribution in [1.82, 2.24) is 5.32 Å². The molecule has 1 spiro atoms. The molecular weight excluding hydrogens is 230 g/mol. The van der Waals surface area contributed by atoms with E-state index < -0.39 is 12.0 Å². The molecule has 2 N–H and O–H groups in total. The zero-order valence-corrected chi connectivity index (χ0v) is 9.93. The maximum absolute atomic E-state index is 12.0. The van der Waals surface area contributed by atoms with Crippen LogP contribution in [-0.4, -0.2) is 17.0 Å². The second-order valence-corrected chi connectivity index (χ2v) is 5.31. The number of carboxylic acids is 1. The van der Waals surface area contributed by atoms with Crippen molar-refractivity contribution >= 4 is 11.9 Å². The Labute approximate surface area is 105 Å². The van der Waals surface area contributed by atoms with Crippen molar-refractivity contribution in [2.75, 3.05) is 0 Å². The lowest BCUT2D eigenvalue weighted by Crippen LogP contribution is -2.35. The number of carbonyl (C=O) groups excluding carboxylic acids is 1. The molecule has 0 bridgehead atoms. The second-order valence-electron chi connectivity index (χ2n) is 5.31. The SMILES string of the molecule is O=C(O)C(NC(=O)C1CC12CC2)c1ccccc1. The van der Waals surface area contributed by atoms with Crippen LogP contribution in [0.5, 0.6) is 0 Å². The summed E-state index contributed by atoms with van der Waals surface area (Å²) in [7, 11) is 0. The van der Waals surface area contributed by atoms with Gasteiger partial charge in [0.2, 0.25) is 5.91 Å². The molecule has 0 heterocycles. The van der Waals surface area contributed by atoms with Crippen molar-refractivity contribution in [2.45, 2.75) is 25.3 Å². The van der Waals surface area contributed by atoms with Gasteiger partial charge in [-0.1, -0.05) is 30.3 Å². The maximum Gasteiger partial charge on any atom is 0.330 e. The van der Waals surface area contributed by atoms with Gasteiger partial charge in [0.25, 0.3) is 0 Å². The third-order valence-corrected chi connectivity index (χ3v) is 4.06. The van der Waals surface area contributed by atoms with Crippen LogP contribution in [0.1, 0.15) is 30.9 Å². The summed E-state index contributed by atoms with van der Waals surface area (Å²) < 4.78 is 0. The molecule has 4 nitrogen and oxygen atoms in total. The average Bonchev–Trinajstić information content (AvgIpc) is 3.28. The summed E-state index contributed by atoms with van der Waals surface area (Å²) in [5.74, 6) is -1.08. The van der Waals surface area contributed by atoms with E-state index in [4.69, 9.17) is 0 Å². The van der Waals surface area contributed by atoms with Crippen LogP contribution in [0.2, 0.25) is 0 Å². The highest BCUT2D eigenvalue weighted by atomic mass is 16.4. The van der Waals surface area contributed by atoms with Gasteiger partial charge < -0.3 is 10.4 Å². The lowest BCUT2D eigenvalue weighted by atomic mass is 10.1. The third-order valence-electron chi connectivity index (χ3n) is 4.06. The summed E-state index contributed by atoms with van der Waals surface area (Å²) in [6.45, 7) is 0. The first-order chi connectivity index (χ1) is 8.62. The Morgan fingerprint density at radius 2 is 1.94 bits per heavy atom. The quantitative estimate of drug-likeness (QED) is 0.849. The van der Waals surface area contributed by atoms with Crippen molar-refractivity contribution in [1.29, 1.82) is 0 Å². The van der Waals surface area contributed by atoms with Crippen LogP contribution in [0.15, 0.2) is 30.3 Å². The van der Waals surface area contributed by atoms with Gasteiger partial charge >= 0.3 is 5.97 Å². The molecule has 2 saturated carbocycles. The Morgan fingerprint density at radius 3 is 2.44 bits per heavy atom. The number of hydrogen-bond acceptors (Lipinski definition) is 2. The molecule has 2 unspecified atom stereocenters. The standard InChI is InChI=1S/C14H15NO3/c16-12(10-8-14(10)6-7-14)15-11(13(17)18)9-4-2-1-3-5-9/h1-5,10-11H,6-8H2,(H,15,16)(H,17,18). The first kappa shape index (κ1) is 11.3. The molecule has 1 aromatic carbocycles. The van der Waals surface area contributed by atoms with E-state index in [2.05, 4.69) is 5.32 Å². The predicted molar refractivity (Wildman–Crippen MR) is 64.7 cm³/mol. The fourth-order valence-electron chi connectivity index (χ4n) is 2.61. The first-order valence-corrected chi connectivity index (χ1v) is 6.20. The summed E-state index contributed by atoms with van der Waals surface area (Å²) in [5, 5.41) is 11.9. The Balaban J connectivity index is 1.71. The molecule has 3 rings (SSSR count). The largest absolute Gasteiger partial charge is 0.479 e. The number of amides is 1. The topological polar surface area (TPSA) is 66.4 Å². The Morgan fingerprint density at radius 1 is 1.28 bits per heavy atom. The van der Waals surface area contributed by atoms with Crippen LogP contribution in [0, 0.1) is 11.3 Å². The van der Waals surface area contributed by atoms with Gasteiger partial charge in [0, 0.05) is 5.92 Å². The summed E-state index contributed by atoms with van der Waals surface area (Å²) in [4.78, 5) is 23.2. The van der Waals surface area contributed by atoms with Crippen molar-refractivity contribution in [3.8, 4) is 0 Å². The van der Waals surface area contributed by atoms with Crippen molar-refractivity contribution in [2.24, 2.45) is 11.3 Å². The minimum Gasteiger partial charge on any atom is -0.479 e. The van der Waals surface area contributed by atoms with Crippen LogP contribution >= 0.6 is 0 Å². The van der Waals surface area contributed by atoms with E-state index >= 15 is 0 Å².